The molecular formula is C20H37N3O. The van der Waals surface area contributed by atoms with Crippen molar-refractivity contribution in [2.24, 2.45) is 11.8 Å². The predicted octanol–water partition coefficient (Wildman–Crippen LogP) is 2.88. The Bertz CT molecular complexity index is 384. The van der Waals surface area contributed by atoms with E-state index in [1.165, 1.54) is 64.6 Å². The summed E-state index contributed by atoms with van der Waals surface area (Å²) in [6.45, 7) is 9.05. The summed E-state index contributed by atoms with van der Waals surface area (Å²) in [7, 11) is 0. The molecule has 4 nitrogen and oxygen atoms in total. The van der Waals surface area contributed by atoms with Crippen LogP contribution in [0.1, 0.15) is 64.7 Å². The minimum absolute atomic E-state index is 0.262. The molecular weight excluding hydrogens is 298 g/mol. The summed E-state index contributed by atoms with van der Waals surface area (Å²) >= 11 is 0. The number of hydrogen-bond acceptors (Lipinski definition) is 3. The van der Waals surface area contributed by atoms with Gasteiger partial charge in [-0.2, -0.15) is 0 Å². The molecule has 1 aliphatic carbocycles. The van der Waals surface area contributed by atoms with Crippen molar-refractivity contribution < 1.29 is 4.79 Å². The topological polar surface area (TPSA) is 35.6 Å². The van der Waals surface area contributed by atoms with Gasteiger partial charge in [-0.3, -0.25) is 4.79 Å². The number of likely N-dealkylation sites (tertiary alicyclic amines) is 2. The van der Waals surface area contributed by atoms with Crippen LogP contribution in [-0.4, -0.2) is 61.0 Å². The number of carbonyl (C=O) groups excluding carboxylic acids is 1. The lowest BCUT2D eigenvalue weighted by atomic mass is 9.93. The first-order chi connectivity index (χ1) is 11.8. The fourth-order valence-corrected chi connectivity index (χ4v) is 5.02. The van der Waals surface area contributed by atoms with Gasteiger partial charge in [0.15, 0.2) is 0 Å². The van der Waals surface area contributed by atoms with Gasteiger partial charge >= 0.3 is 0 Å². The Hall–Kier alpha value is -0.610. The van der Waals surface area contributed by atoms with Crippen LogP contribution in [0.2, 0.25) is 0 Å². The highest BCUT2D eigenvalue weighted by Gasteiger charge is 2.30. The number of nitrogens with zero attached hydrogens (tertiary/aromatic N) is 2. The van der Waals surface area contributed by atoms with E-state index in [1.807, 2.05) is 0 Å². The van der Waals surface area contributed by atoms with Gasteiger partial charge in [0.2, 0.25) is 5.91 Å². The molecule has 0 radical (unpaired) electrons. The Morgan fingerprint density at radius 1 is 1.00 bits per heavy atom. The fraction of sp³-hybridized carbons (Fsp3) is 0.950. The molecule has 1 atom stereocenters. The molecule has 0 unspecified atom stereocenters. The van der Waals surface area contributed by atoms with Crippen molar-refractivity contribution in [1.82, 2.24) is 15.1 Å². The molecule has 0 aromatic rings. The molecule has 3 fully saturated rings. The second kappa shape index (κ2) is 9.19. The summed E-state index contributed by atoms with van der Waals surface area (Å²) in [4.78, 5) is 17.8. The molecule has 0 bridgehead atoms. The number of rotatable bonds is 6. The van der Waals surface area contributed by atoms with E-state index in [2.05, 4.69) is 22.0 Å². The van der Waals surface area contributed by atoms with Gasteiger partial charge in [0.05, 0.1) is 0 Å². The highest BCUT2D eigenvalue weighted by molar-refractivity contribution is 5.78. The van der Waals surface area contributed by atoms with Crippen molar-refractivity contribution in [1.29, 1.82) is 0 Å². The van der Waals surface area contributed by atoms with E-state index in [4.69, 9.17) is 0 Å². The summed E-state index contributed by atoms with van der Waals surface area (Å²) in [6, 6.07) is 0.820. The highest BCUT2D eigenvalue weighted by atomic mass is 16.1. The maximum atomic E-state index is 12.5. The Labute approximate surface area is 148 Å². The zero-order valence-electron chi connectivity index (χ0n) is 15.6. The molecule has 3 rings (SSSR count). The maximum Gasteiger partial charge on any atom is 0.223 e. The van der Waals surface area contributed by atoms with E-state index in [0.717, 1.165) is 38.5 Å². The molecule has 3 aliphatic rings. The first-order valence-electron chi connectivity index (χ1n) is 10.5. The molecule has 1 N–H and O–H groups in total. The fourth-order valence-electron chi connectivity index (χ4n) is 5.02. The van der Waals surface area contributed by atoms with Gasteiger partial charge in [-0.1, -0.05) is 19.8 Å². The van der Waals surface area contributed by atoms with Gasteiger partial charge in [-0.15, -0.1) is 0 Å². The van der Waals surface area contributed by atoms with E-state index in [-0.39, 0.29) is 5.92 Å². The van der Waals surface area contributed by atoms with Gasteiger partial charge < -0.3 is 15.1 Å². The smallest absolute Gasteiger partial charge is 0.223 e. The van der Waals surface area contributed by atoms with E-state index in [9.17, 15) is 4.79 Å². The van der Waals surface area contributed by atoms with Gasteiger partial charge in [-0.05, 0) is 77.0 Å². The number of carbonyl (C=O) groups is 1. The van der Waals surface area contributed by atoms with Crippen LogP contribution in [0.3, 0.4) is 0 Å². The standard InChI is InChI=1S/C20H37N3O/c1-2-11-22-12-5-6-17(16-22)15-21-20(24)18-9-13-23(14-10-18)19-7-3-4-8-19/h17-19H,2-16H2,1H3,(H,21,24)/t17-/m0/s1. The summed E-state index contributed by atoms with van der Waals surface area (Å²) in [5.41, 5.74) is 0. The Balaban J connectivity index is 1.35. The maximum absolute atomic E-state index is 12.5. The largest absolute Gasteiger partial charge is 0.356 e. The van der Waals surface area contributed by atoms with Crippen molar-refractivity contribution >= 4 is 5.91 Å². The lowest BCUT2D eigenvalue weighted by Gasteiger charge is -2.36. The van der Waals surface area contributed by atoms with E-state index < -0.39 is 0 Å². The minimum atomic E-state index is 0.262. The number of nitrogens with one attached hydrogen (secondary N) is 1. The van der Waals surface area contributed by atoms with Gasteiger partial charge in [0.25, 0.3) is 0 Å². The third kappa shape index (κ3) is 4.95. The van der Waals surface area contributed by atoms with Crippen LogP contribution in [0.25, 0.3) is 0 Å². The molecule has 0 aromatic carbocycles. The van der Waals surface area contributed by atoms with E-state index in [1.54, 1.807) is 0 Å². The quantitative estimate of drug-likeness (QED) is 0.811. The second-order valence-corrected chi connectivity index (χ2v) is 8.30. The second-order valence-electron chi connectivity index (χ2n) is 8.30. The zero-order chi connectivity index (χ0) is 16.8. The SMILES string of the molecule is CCCN1CCC[C@@H](CNC(=O)C2CCN(C3CCCC3)CC2)C1. The average molecular weight is 336 g/mol. The van der Waals surface area contributed by atoms with Crippen molar-refractivity contribution in [2.75, 3.05) is 39.3 Å². The van der Waals surface area contributed by atoms with Crippen LogP contribution in [0, 0.1) is 11.8 Å². The van der Waals surface area contributed by atoms with Gasteiger partial charge in [0, 0.05) is 25.0 Å². The third-order valence-electron chi connectivity index (χ3n) is 6.45. The van der Waals surface area contributed by atoms with Crippen molar-refractivity contribution in [3.05, 3.63) is 0 Å². The molecule has 0 aromatic heterocycles. The van der Waals surface area contributed by atoms with Crippen LogP contribution in [0.4, 0.5) is 0 Å². The van der Waals surface area contributed by atoms with E-state index in [0.29, 0.717) is 11.8 Å². The first kappa shape index (κ1) is 18.2. The monoisotopic (exact) mass is 335 g/mol. The molecule has 4 heteroatoms. The number of amides is 1. The predicted molar refractivity (Wildman–Crippen MR) is 99.0 cm³/mol. The Kier molecular flexibility index (Phi) is 6.96. The lowest BCUT2D eigenvalue weighted by Crippen LogP contribution is -2.46. The molecule has 1 amide bonds. The van der Waals surface area contributed by atoms with Gasteiger partial charge in [0.1, 0.15) is 0 Å². The van der Waals surface area contributed by atoms with E-state index >= 15 is 0 Å². The molecule has 2 heterocycles. The van der Waals surface area contributed by atoms with Gasteiger partial charge in [-0.25, -0.2) is 0 Å². The summed E-state index contributed by atoms with van der Waals surface area (Å²) < 4.78 is 0. The molecule has 138 valence electrons. The first-order valence-corrected chi connectivity index (χ1v) is 10.5. The minimum Gasteiger partial charge on any atom is -0.356 e. The van der Waals surface area contributed by atoms with Crippen LogP contribution < -0.4 is 5.32 Å². The summed E-state index contributed by atoms with van der Waals surface area (Å²) in [6.07, 6.45) is 11.5. The van der Waals surface area contributed by atoms with Crippen LogP contribution in [0.5, 0.6) is 0 Å². The molecule has 1 saturated carbocycles. The van der Waals surface area contributed by atoms with Crippen molar-refractivity contribution in [3.8, 4) is 0 Å². The number of hydrogen-bond donors (Lipinski definition) is 1. The number of piperidine rings is 2. The third-order valence-corrected chi connectivity index (χ3v) is 6.45. The normalized spacial score (nSPS) is 28.3. The summed E-state index contributed by atoms with van der Waals surface area (Å²) in [5.74, 6) is 1.25. The molecule has 2 saturated heterocycles. The highest BCUT2D eigenvalue weighted by Crippen LogP contribution is 2.28. The molecule has 2 aliphatic heterocycles. The van der Waals surface area contributed by atoms with Crippen LogP contribution in [0.15, 0.2) is 0 Å². The molecule has 0 spiro atoms. The Morgan fingerprint density at radius 3 is 2.46 bits per heavy atom. The molecule has 24 heavy (non-hydrogen) atoms. The average Bonchev–Trinajstić information content (AvgIpc) is 3.15. The van der Waals surface area contributed by atoms with Crippen LogP contribution in [-0.2, 0) is 4.79 Å². The van der Waals surface area contributed by atoms with Crippen molar-refractivity contribution in [2.45, 2.75) is 70.8 Å². The summed E-state index contributed by atoms with van der Waals surface area (Å²) in [5, 5.41) is 3.29. The zero-order valence-corrected chi connectivity index (χ0v) is 15.6. The lowest BCUT2D eigenvalue weighted by molar-refractivity contribution is -0.126. The van der Waals surface area contributed by atoms with Crippen LogP contribution >= 0.6 is 0 Å². The Morgan fingerprint density at radius 2 is 1.75 bits per heavy atom. The van der Waals surface area contributed by atoms with Crippen molar-refractivity contribution in [3.63, 3.8) is 0 Å².